The maximum absolute atomic E-state index is 12.3. The van der Waals surface area contributed by atoms with E-state index in [1.807, 2.05) is 13.8 Å². The topological polar surface area (TPSA) is 42.2 Å². The van der Waals surface area contributed by atoms with Gasteiger partial charge in [-0.1, -0.05) is 0 Å². The third-order valence-corrected chi connectivity index (χ3v) is 3.18. The van der Waals surface area contributed by atoms with Crippen LogP contribution in [0.2, 0.25) is 0 Å². The third kappa shape index (κ3) is 3.39. The molecule has 0 aliphatic rings. The van der Waals surface area contributed by atoms with Crippen LogP contribution in [-0.4, -0.2) is 31.0 Å². The Bertz CT molecular complexity index is 295. The first kappa shape index (κ1) is 12.3. The summed E-state index contributed by atoms with van der Waals surface area (Å²) in [5.41, 5.74) is 6.27. The second-order valence-corrected chi connectivity index (χ2v) is 4.45. The fourth-order valence-electron chi connectivity index (χ4n) is 1.18. The Balaban J connectivity index is 2.78. The van der Waals surface area contributed by atoms with Crippen molar-refractivity contribution in [3.05, 3.63) is 10.6 Å². The lowest BCUT2D eigenvalue weighted by Gasteiger charge is -2.20. The predicted octanol–water partition coefficient (Wildman–Crippen LogP) is 1.79. The number of nitrogens with zero attached hydrogens (tertiary/aromatic N) is 2. The highest BCUT2D eigenvalue weighted by molar-refractivity contribution is 7.15. The molecule has 0 amide bonds. The van der Waals surface area contributed by atoms with Gasteiger partial charge in [-0.15, -0.1) is 11.3 Å². The van der Waals surface area contributed by atoms with E-state index < -0.39 is 6.43 Å². The lowest BCUT2D eigenvalue weighted by molar-refractivity contribution is 0.155. The number of aryl methyl sites for hydroxylation is 2. The molecule has 2 N–H and O–H groups in total. The summed E-state index contributed by atoms with van der Waals surface area (Å²) in [5.74, 6) is 0. The summed E-state index contributed by atoms with van der Waals surface area (Å²) in [7, 11) is 0. The summed E-state index contributed by atoms with van der Waals surface area (Å²) in [6.45, 7) is 4.27. The van der Waals surface area contributed by atoms with E-state index in [4.69, 9.17) is 5.73 Å². The first-order valence-electron chi connectivity index (χ1n) is 4.71. The standard InChI is InChI=1S/C9H15F2N3S/c1-6-7(2)15-9(13-6)14(4-3-12)5-8(10)11/h8H,3-5,12H2,1-2H3. The van der Waals surface area contributed by atoms with E-state index >= 15 is 0 Å². The van der Waals surface area contributed by atoms with Gasteiger partial charge in [-0.3, -0.25) is 0 Å². The van der Waals surface area contributed by atoms with Gasteiger partial charge in [0, 0.05) is 18.0 Å². The molecule has 0 fully saturated rings. The number of hydrogen-bond donors (Lipinski definition) is 1. The number of halogens is 2. The van der Waals surface area contributed by atoms with Crippen LogP contribution in [0, 0.1) is 13.8 Å². The second-order valence-electron chi connectivity index (χ2n) is 3.26. The normalized spacial score (nSPS) is 11.1. The van der Waals surface area contributed by atoms with E-state index in [0.717, 1.165) is 10.6 Å². The fourth-order valence-corrected chi connectivity index (χ4v) is 2.12. The van der Waals surface area contributed by atoms with Crippen molar-refractivity contribution < 1.29 is 8.78 Å². The maximum atomic E-state index is 12.3. The van der Waals surface area contributed by atoms with Crippen molar-refractivity contribution in [2.45, 2.75) is 20.3 Å². The van der Waals surface area contributed by atoms with Crippen molar-refractivity contribution in [3.63, 3.8) is 0 Å². The summed E-state index contributed by atoms with van der Waals surface area (Å²) in [5, 5.41) is 0.635. The molecule has 0 saturated carbocycles. The molecule has 15 heavy (non-hydrogen) atoms. The van der Waals surface area contributed by atoms with E-state index in [1.165, 1.54) is 16.2 Å². The fraction of sp³-hybridized carbons (Fsp3) is 0.667. The van der Waals surface area contributed by atoms with Crippen LogP contribution in [0.3, 0.4) is 0 Å². The molecular formula is C9H15F2N3S. The zero-order chi connectivity index (χ0) is 11.4. The molecular weight excluding hydrogens is 220 g/mol. The molecule has 0 aliphatic heterocycles. The zero-order valence-electron chi connectivity index (χ0n) is 8.83. The second kappa shape index (κ2) is 5.37. The molecule has 0 aliphatic carbocycles. The van der Waals surface area contributed by atoms with Crippen LogP contribution in [-0.2, 0) is 0 Å². The van der Waals surface area contributed by atoms with Gasteiger partial charge < -0.3 is 10.6 Å². The van der Waals surface area contributed by atoms with E-state index in [2.05, 4.69) is 4.98 Å². The Morgan fingerprint density at radius 3 is 2.53 bits per heavy atom. The minimum Gasteiger partial charge on any atom is -0.341 e. The summed E-state index contributed by atoms with van der Waals surface area (Å²) >= 11 is 1.43. The van der Waals surface area contributed by atoms with Gasteiger partial charge in [0.2, 0.25) is 0 Å². The van der Waals surface area contributed by atoms with Crippen LogP contribution < -0.4 is 10.6 Å². The summed E-state index contributed by atoms with van der Waals surface area (Å²) < 4.78 is 24.6. The van der Waals surface area contributed by atoms with Crippen molar-refractivity contribution in [1.82, 2.24) is 4.98 Å². The van der Waals surface area contributed by atoms with Crippen molar-refractivity contribution >= 4 is 16.5 Å². The highest BCUT2D eigenvalue weighted by Crippen LogP contribution is 2.25. The van der Waals surface area contributed by atoms with Crippen molar-refractivity contribution in [1.29, 1.82) is 0 Å². The first-order valence-corrected chi connectivity index (χ1v) is 5.53. The molecule has 0 atom stereocenters. The molecule has 1 rings (SSSR count). The van der Waals surface area contributed by atoms with Gasteiger partial charge in [-0.25, -0.2) is 13.8 Å². The van der Waals surface area contributed by atoms with E-state index in [1.54, 1.807) is 0 Å². The Hall–Kier alpha value is -0.750. The number of alkyl halides is 2. The average Bonchev–Trinajstić information content (AvgIpc) is 2.46. The van der Waals surface area contributed by atoms with E-state index in [0.29, 0.717) is 18.2 Å². The number of rotatable bonds is 5. The first-order chi connectivity index (χ1) is 7.04. The van der Waals surface area contributed by atoms with Crippen LogP contribution in [0.15, 0.2) is 0 Å². The Kier molecular flexibility index (Phi) is 4.41. The zero-order valence-corrected chi connectivity index (χ0v) is 9.65. The lowest BCUT2D eigenvalue weighted by Crippen LogP contribution is -2.33. The Labute approximate surface area is 91.9 Å². The minimum absolute atomic E-state index is 0.302. The quantitative estimate of drug-likeness (QED) is 0.846. The number of aromatic nitrogens is 1. The van der Waals surface area contributed by atoms with Crippen molar-refractivity contribution in [3.8, 4) is 0 Å². The van der Waals surface area contributed by atoms with Gasteiger partial charge in [0.1, 0.15) is 0 Å². The maximum Gasteiger partial charge on any atom is 0.255 e. The molecule has 0 unspecified atom stereocenters. The largest absolute Gasteiger partial charge is 0.341 e. The molecule has 6 heteroatoms. The smallest absolute Gasteiger partial charge is 0.255 e. The molecule has 0 saturated heterocycles. The van der Waals surface area contributed by atoms with Crippen LogP contribution in [0.1, 0.15) is 10.6 Å². The summed E-state index contributed by atoms with van der Waals surface area (Å²) in [6.07, 6.45) is -2.36. The molecule has 1 aromatic heterocycles. The van der Waals surface area contributed by atoms with Gasteiger partial charge >= 0.3 is 0 Å². The Morgan fingerprint density at radius 2 is 2.13 bits per heavy atom. The van der Waals surface area contributed by atoms with Crippen LogP contribution in [0.5, 0.6) is 0 Å². The number of thiazole rings is 1. The molecule has 0 radical (unpaired) electrons. The molecule has 0 spiro atoms. The van der Waals surface area contributed by atoms with Gasteiger partial charge in [0.05, 0.1) is 12.2 Å². The van der Waals surface area contributed by atoms with Crippen LogP contribution in [0.4, 0.5) is 13.9 Å². The molecule has 1 heterocycles. The number of nitrogens with two attached hydrogens (primary N) is 1. The number of anilines is 1. The van der Waals surface area contributed by atoms with Crippen LogP contribution >= 0.6 is 11.3 Å². The predicted molar refractivity (Wildman–Crippen MR) is 58.9 cm³/mol. The number of hydrogen-bond acceptors (Lipinski definition) is 4. The summed E-state index contributed by atoms with van der Waals surface area (Å²) in [6, 6.07) is 0. The van der Waals surface area contributed by atoms with Gasteiger partial charge in [-0.2, -0.15) is 0 Å². The van der Waals surface area contributed by atoms with Gasteiger partial charge in [-0.05, 0) is 13.8 Å². The molecule has 1 aromatic rings. The van der Waals surface area contributed by atoms with Crippen LogP contribution in [0.25, 0.3) is 0 Å². The van der Waals surface area contributed by atoms with Gasteiger partial charge in [0.25, 0.3) is 6.43 Å². The monoisotopic (exact) mass is 235 g/mol. The van der Waals surface area contributed by atoms with E-state index in [-0.39, 0.29) is 6.54 Å². The Morgan fingerprint density at radius 1 is 1.47 bits per heavy atom. The molecule has 0 aromatic carbocycles. The lowest BCUT2D eigenvalue weighted by atomic mass is 10.4. The van der Waals surface area contributed by atoms with E-state index in [9.17, 15) is 8.78 Å². The van der Waals surface area contributed by atoms with Crippen molar-refractivity contribution in [2.75, 3.05) is 24.5 Å². The van der Waals surface area contributed by atoms with Gasteiger partial charge in [0.15, 0.2) is 5.13 Å². The molecule has 0 bridgehead atoms. The molecule has 3 nitrogen and oxygen atoms in total. The summed E-state index contributed by atoms with van der Waals surface area (Å²) in [4.78, 5) is 6.83. The molecule has 86 valence electrons. The highest BCUT2D eigenvalue weighted by atomic mass is 32.1. The SMILES string of the molecule is Cc1nc(N(CCN)CC(F)F)sc1C. The third-order valence-electron chi connectivity index (χ3n) is 2.05. The van der Waals surface area contributed by atoms with Crippen molar-refractivity contribution in [2.24, 2.45) is 5.73 Å². The highest BCUT2D eigenvalue weighted by Gasteiger charge is 2.15. The minimum atomic E-state index is -2.36. The average molecular weight is 235 g/mol.